The lowest BCUT2D eigenvalue weighted by molar-refractivity contribution is -0.137. The molecule has 0 rings (SSSR count). The molecular weight excluding hydrogens is 228 g/mol. The van der Waals surface area contributed by atoms with Crippen LogP contribution >= 0.6 is 24.4 Å². The van der Waals surface area contributed by atoms with Crippen molar-refractivity contribution in [2.24, 2.45) is 0 Å². The van der Waals surface area contributed by atoms with Gasteiger partial charge in [0, 0.05) is 11.7 Å². The number of thiol groups is 1. The molecule has 90 valence electrons. The lowest BCUT2D eigenvalue weighted by atomic mass is 10.1. The third-order valence-corrected chi connectivity index (χ3v) is 3.73. The molecule has 0 aliphatic heterocycles. The Morgan fingerprint density at radius 1 is 1.33 bits per heavy atom. The zero-order chi connectivity index (χ0) is 11.7. The molecule has 1 N–H and O–H groups in total. The largest absolute Gasteiger partial charge is 0.481 e. The Morgan fingerprint density at radius 3 is 2.53 bits per heavy atom. The quantitative estimate of drug-likeness (QED) is 0.486. The van der Waals surface area contributed by atoms with Gasteiger partial charge < -0.3 is 5.11 Å². The van der Waals surface area contributed by atoms with Crippen LogP contribution in [0.2, 0.25) is 0 Å². The Balaban J connectivity index is 3.25. The van der Waals surface area contributed by atoms with E-state index in [2.05, 4.69) is 26.5 Å². The van der Waals surface area contributed by atoms with E-state index >= 15 is 0 Å². The van der Waals surface area contributed by atoms with Gasteiger partial charge in [-0.2, -0.15) is 24.4 Å². The first-order valence-corrected chi connectivity index (χ1v) is 7.10. The van der Waals surface area contributed by atoms with Crippen molar-refractivity contribution >= 4 is 30.4 Å². The maximum atomic E-state index is 10.3. The molecule has 0 aliphatic carbocycles. The van der Waals surface area contributed by atoms with Crippen LogP contribution in [0.4, 0.5) is 0 Å². The van der Waals surface area contributed by atoms with E-state index in [4.69, 9.17) is 5.11 Å². The van der Waals surface area contributed by atoms with Gasteiger partial charge in [0.05, 0.1) is 0 Å². The van der Waals surface area contributed by atoms with Crippen LogP contribution in [0.25, 0.3) is 0 Å². The topological polar surface area (TPSA) is 37.3 Å². The highest BCUT2D eigenvalue weighted by molar-refractivity contribution is 7.99. The molecule has 0 saturated heterocycles. The molecule has 4 heteroatoms. The van der Waals surface area contributed by atoms with Gasteiger partial charge in [-0.15, -0.1) is 0 Å². The molecule has 0 aromatic rings. The SMILES string of the molecule is CC(C)SCCC(S)CCCCC(=O)O. The summed E-state index contributed by atoms with van der Waals surface area (Å²) in [6, 6.07) is 0. The summed E-state index contributed by atoms with van der Waals surface area (Å²) in [5.74, 6) is 0.464. The Hall–Kier alpha value is 0.170. The van der Waals surface area contributed by atoms with Crippen LogP contribution in [0.3, 0.4) is 0 Å². The van der Waals surface area contributed by atoms with Gasteiger partial charge in [0.1, 0.15) is 0 Å². The number of carboxylic acid groups (broad SMARTS) is 1. The summed E-state index contributed by atoms with van der Waals surface area (Å²) in [7, 11) is 0. The standard InChI is InChI=1S/C11H22O2S2/c1-9(2)15-8-7-10(14)5-3-4-6-11(12)13/h9-10,14H,3-8H2,1-2H3,(H,12,13). The third kappa shape index (κ3) is 12.1. The van der Waals surface area contributed by atoms with Crippen LogP contribution < -0.4 is 0 Å². The molecule has 0 heterocycles. The predicted molar refractivity (Wildman–Crippen MR) is 71.1 cm³/mol. The van der Waals surface area contributed by atoms with E-state index in [-0.39, 0.29) is 0 Å². The molecule has 0 aliphatic rings. The van der Waals surface area contributed by atoms with E-state index in [9.17, 15) is 4.79 Å². The Kier molecular flexibility index (Phi) is 9.51. The molecule has 0 amide bonds. The lowest BCUT2D eigenvalue weighted by Crippen LogP contribution is -2.03. The van der Waals surface area contributed by atoms with Crippen LogP contribution in [0.1, 0.15) is 46.0 Å². The van der Waals surface area contributed by atoms with Crippen molar-refractivity contribution in [2.75, 3.05) is 5.75 Å². The maximum absolute atomic E-state index is 10.3. The highest BCUT2D eigenvalue weighted by Gasteiger charge is 2.04. The van der Waals surface area contributed by atoms with Crippen molar-refractivity contribution in [3.63, 3.8) is 0 Å². The molecule has 15 heavy (non-hydrogen) atoms. The van der Waals surface area contributed by atoms with Crippen LogP contribution in [0.15, 0.2) is 0 Å². The summed E-state index contributed by atoms with van der Waals surface area (Å²) >= 11 is 6.46. The molecule has 0 aromatic heterocycles. The number of unbranched alkanes of at least 4 members (excludes halogenated alkanes) is 1. The minimum absolute atomic E-state index is 0.293. The summed E-state index contributed by atoms with van der Waals surface area (Å²) in [4.78, 5) is 10.3. The monoisotopic (exact) mass is 250 g/mol. The van der Waals surface area contributed by atoms with Crippen LogP contribution in [-0.4, -0.2) is 27.3 Å². The molecular formula is C11H22O2S2. The van der Waals surface area contributed by atoms with E-state index in [0.717, 1.165) is 31.4 Å². The zero-order valence-electron chi connectivity index (χ0n) is 9.61. The minimum atomic E-state index is -0.693. The average molecular weight is 250 g/mol. The lowest BCUT2D eigenvalue weighted by Gasteiger charge is -2.10. The van der Waals surface area contributed by atoms with Gasteiger partial charge in [-0.1, -0.05) is 20.3 Å². The van der Waals surface area contributed by atoms with Gasteiger partial charge >= 0.3 is 5.97 Å². The molecule has 1 atom stereocenters. The fourth-order valence-corrected chi connectivity index (χ4v) is 2.62. The second-order valence-corrected chi connectivity index (χ2v) is 6.42. The Bertz CT molecular complexity index is 172. The van der Waals surface area contributed by atoms with E-state index < -0.39 is 5.97 Å². The number of rotatable bonds is 9. The zero-order valence-corrected chi connectivity index (χ0v) is 11.3. The average Bonchev–Trinajstić information content (AvgIpc) is 2.11. The van der Waals surface area contributed by atoms with E-state index in [1.54, 1.807) is 0 Å². The third-order valence-electron chi connectivity index (χ3n) is 2.08. The maximum Gasteiger partial charge on any atom is 0.303 e. The second-order valence-electron chi connectivity index (χ2n) is 4.00. The fraction of sp³-hybridized carbons (Fsp3) is 0.909. The number of aliphatic carboxylic acids is 1. The van der Waals surface area contributed by atoms with Crippen molar-refractivity contribution in [3.05, 3.63) is 0 Å². The summed E-state index contributed by atoms with van der Waals surface area (Å²) in [6.07, 6.45) is 4.21. The molecule has 0 radical (unpaired) electrons. The molecule has 2 nitrogen and oxygen atoms in total. The van der Waals surface area contributed by atoms with E-state index in [1.165, 1.54) is 0 Å². The number of hydrogen-bond acceptors (Lipinski definition) is 3. The van der Waals surface area contributed by atoms with Gasteiger partial charge in [-0.3, -0.25) is 4.79 Å². The smallest absolute Gasteiger partial charge is 0.303 e. The normalized spacial score (nSPS) is 13.1. The summed E-state index contributed by atoms with van der Waals surface area (Å²) in [6.45, 7) is 4.40. The number of carbonyl (C=O) groups is 1. The molecule has 0 aromatic carbocycles. The molecule has 0 bridgehead atoms. The molecule has 0 spiro atoms. The first-order valence-electron chi connectivity index (χ1n) is 5.54. The van der Waals surface area contributed by atoms with Crippen LogP contribution in [0.5, 0.6) is 0 Å². The number of thioether (sulfide) groups is 1. The minimum Gasteiger partial charge on any atom is -0.481 e. The van der Waals surface area contributed by atoms with Crippen molar-refractivity contribution in [1.29, 1.82) is 0 Å². The van der Waals surface area contributed by atoms with Gasteiger partial charge in [-0.25, -0.2) is 0 Å². The van der Waals surface area contributed by atoms with Gasteiger partial charge in [0.2, 0.25) is 0 Å². The Labute approximate surface area is 103 Å². The molecule has 1 unspecified atom stereocenters. The van der Waals surface area contributed by atoms with Gasteiger partial charge in [-0.05, 0) is 30.3 Å². The summed E-state index contributed by atoms with van der Waals surface area (Å²) in [5.41, 5.74) is 0. The van der Waals surface area contributed by atoms with Crippen molar-refractivity contribution in [1.82, 2.24) is 0 Å². The number of carboxylic acids is 1. The highest BCUT2D eigenvalue weighted by Crippen LogP contribution is 2.17. The van der Waals surface area contributed by atoms with Crippen LogP contribution in [-0.2, 0) is 4.79 Å². The highest BCUT2D eigenvalue weighted by atomic mass is 32.2. The first kappa shape index (κ1) is 15.2. The van der Waals surface area contributed by atoms with E-state index in [1.807, 2.05) is 11.8 Å². The van der Waals surface area contributed by atoms with Crippen molar-refractivity contribution < 1.29 is 9.90 Å². The van der Waals surface area contributed by atoms with E-state index in [0.29, 0.717) is 16.9 Å². The van der Waals surface area contributed by atoms with Gasteiger partial charge in [0.25, 0.3) is 0 Å². The van der Waals surface area contributed by atoms with Gasteiger partial charge in [0.15, 0.2) is 0 Å². The Morgan fingerprint density at radius 2 is 2.00 bits per heavy atom. The predicted octanol–water partition coefficient (Wildman–Crippen LogP) is 3.46. The van der Waals surface area contributed by atoms with Crippen molar-refractivity contribution in [3.8, 4) is 0 Å². The summed E-state index contributed by atoms with van der Waals surface area (Å²) in [5, 5.41) is 9.59. The molecule has 0 saturated carbocycles. The first-order chi connectivity index (χ1) is 7.02. The number of hydrogen-bond donors (Lipinski definition) is 2. The second kappa shape index (κ2) is 9.40. The van der Waals surface area contributed by atoms with Crippen LogP contribution in [0, 0.1) is 0 Å². The molecule has 0 fully saturated rings. The van der Waals surface area contributed by atoms with Crippen molar-refractivity contribution in [2.45, 2.75) is 56.5 Å². The fourth-order valence-electron chi connectivity index (χ4n) is 1.24. The summed E-state index contributed by atoms with van der Waals surface area (Å²) < 4.78 is 0.